The van der Waals surface area contributed by atoms with Crippen molar-refractivity contribution in [1.82, 2.24) is 15.1 Å². The van der Waals surface area contributed by atoms with Crippen LogP contribution in [0.25, 0.3) is 0 Å². The van der Waals surface area contributed by atoms with Crippen molar-refractivity contribution in [1.29, 1.82) is 0 Å². The van der Waals surface area contributed by atoms with E-state index in [1.54, 1.807) is 6.07 Å². The van der Waals surface area contributed by atoms with Crippen LogP contribution in [0.1, 0.15) is 15.2 Å². The van der Waals surface area contributed by atoms with Gasteiger partial charge in [0.15, 0.2) is 0 Å². The van der Waals surface area contributed by atoms with E-state index in [0.717, 1.165) is 18.7 Å². The zero-order valence-corrected chi connectivity index (χ0v) is 15.2. The Morgan fingerprint density at radius 1 is 1.08 bits per heavy atom. The van der Waals surface area contributed by atoms with Gasteiger partial charge in [0, 0.05) is 32.6 Å². The van der Waals surface area contributed by atoms with E-state index in [1.807, 2.05) is 46.7 Å². The molecule has 2 aromatic rings. The van der Waals surface area contributed by atoms with Crippen LogP contribution in [0.5, 0.6) is 0 Å². The van der Waals surface area contributed by atoms with Crippen molar-refractivity contribution in [2.45, 2.75) is 12.5 Å². The Labute approximate surface area is 152 Å². The summed E-state index contributed by atoms with van der Waals surface area (Å²) in [5.41, 5.74) is 1.04. The molecule has 132 valence electrons. The summed E-state index contributed by atoms with van der Waals surface area (Å²) in [6, 6.07) is 12.9. The van der Waals surface area contributed by atoms with Crippen LogP contribution in [0.15, 0.2) is 47.8 Å². The van der Waals surface area contributed by atoms with Gasteiger partial charge in [0.2, 0.25) is 5.91 Å². The minimum atomic E-state index is -0.541. The van der Waals surface area contributed by atoms with Crippen LogP contribution >= 0.6 is 11.3 Å². The number of nitrogens with one attached hydrogen (secondary N) is 1. The van der Waals surface area contributed by atoms with Crippen LogP contribution in [-0.2, 0) is 11.2 Å². The zero-order chi connectivity index (χ0) is 17.6. The lowest BCUT2D eigenvalue weighted by atomic mass is 10.0. The molecule has 0 saturated carbocycles. The monoisotopic (exact) mass is 357 g/mol. The summed E-state index contributed by atoms with van der Waals surface area (Å²) >= 11 is 1.38. The molecule has 1 aromatic carbocycles. The molecule has 1 fully saturated rings. The Balaban J connectivity index is 1.73. The minimum absolute atomic E-state index is 0.00172. The fourth-order valence-corrected chi connectivity index (χ4v) is 3.56. The third-order valence-electron chi connectivity index (χ3n) is 4.45. The highest BCUT2D eigenvalue weighted by molar-refractivity contribution is 7.12. The number of piperazine rings is 1. The number of amides is 2. The summed E-state index contributed by atoms with van der Waals surface area (Å²) in [5.74, 6) is -0.180. The molecule has 2 heterocycles. The Hall–Kier alpha value is -2.18. The van der Waals surface area contributed by atoms with E-state index in [9.17, 15) is 9.59 Å². The molecular weight excluding hydrogens is 334 g/mol. The zero-order valence-electron chi connectivity index (χ0n) is 14.4. The molecule has 1 N–H and O–H groups in total. The minimum Gasteiger partial charge on any atom is -0.339 e. The van der Waals surface area contributed by atoms with Crippen molar-refractivity contribution in [3.05, 3.63) is 58.3 Å². The topological polar surface area (TPSA) is 52.6 Å². The number of hydrogen-bond acceptors (Lipinski definition) is 4. The lowest BCUT2D eigenvalue weighted by Crippen LogP contribution is -2.54. The van der Waals surface area contributed by atoms with Crippen molar-refractivity contribution in [2.75, 3.05) is 33.2 Å². The van der Waals surface area contributed by atoms with Crippen molar-refractivity contribution in [3.63, 3.8) is 0 Å². The average Bonchev–Trinajstić information content (AvgIpc) is 3.17. The Kier molecular flexibility index (Phi) is 5.83. The van der Waals surface area contributed by atoms with E-state index in [2.05, 4.69) is 17.3 Å². The Morgan fingerprint density at radius 3 is 2.44 bits per heavy atom. The molecule has 0 bridgehead atoms. The predicted molar refractivity (Wildman–Crippen MR) is 99.8 cm³/mol. The maximum Gasteiger partial charge on any atom is 0.262 e. The second-order valence-electron chi connectivity index (χ2n) is 6.32. The van der Waals surface area contributed by atoms with Gasteiger partial charge in [-0.15, -0.1) is 11.3 Å². The number of hydrogen-bond donors (Lipinski definition) is 1. The van der Waals surface area contributed by atoms with Gasteiger partial charge in [-0.1, -0.05) is 36.4 Å². The van der Waals surface area contributed by atoms with Gasteiger partial charge in [0.25, 0.3) is 5.91 Å². The highest BCUT2D eigenvalue weighted by Gasteiger charge is 2.28. The van der Waals surface area contributed by atoms with Gasteiger partial charge < -0.3 is 15.1 Å². The van der Waals surface area contributed by atoms with E-state index in [0.29, 0.717) is 24.4 Å². The van der Waals surface area contributed by atoms with Crippen LogP contribution < -0.4 is 5.32 Å². The summed E-state index contributed by atoms with van der Waals surface area (Å²) in [7, 11) is 2.06. The Morgan fingerprint density at radius 2 is 1.80 bits per heavy atom. The van der Waals surface area contributed by atoms with Gasteiger partial charge in [-0.2, -0.15) is 0 Å². The number of thiophene rings is 1. The lowest BCUT2D eigenvalue weighted by molar-refractivity contribution is -0.134. The largest absolute Gasteiger partial charge is 0.339 e. The molecule has 25 heavy (non-hydrogen) atoms. The molecule has 1 aromatic heterocycles. The second kappa shape index (κ2) is 8.27. The van der Waals surface area contributed by atoms with Crippen molar-refractivity contribution < 1.29 is 9.59 Å². The van der Waals surface area contributed by atoms with Crippen LogP contribution in [0.3, 0.4) is 0 Å². The van der Waals surface area contributed by atoms with E-state index < -0.39 is 6.04 Å². The highest BCUT2D eigenvalue weighted by Crippen LogP contribution is 2.12. The van der Waals surface area contributed by atoms with E-state index in [1.165, 1.54) is 11.3 Å². The fourth-order valence-electron chi connectivity index (χ4n) is 2.93. The third kappa shape index (κ3) is 4.67. The van der Waals surface area contributed by atoms with Crippen molar-refractivity contribution >= 4 is 23.2 Å². The standard InChI is InChI=1S/C19H23N3O2S/c1-21-9-11-22(12-10-21)19(24)16(14-15-6-3-2-4-7-15)20-18(23)17-8-5-13-25-17/h2-8,13,16H,9-12,14H2,1H3,(H,20,23)/t16-/m1/s1. The van der Waals surface area contributed by atoms with Crippen LogP contribution in [-0.4, -0.2) is 60.9 Å². The molecule has 3 rings (SSSR count). The molecule has 1 atom stereocenters. The molecule has 2 amide bonds. The number of carbonyl (C=O) groups is 2. The van der Waals surface area contributed by atoms with Crippen molar-refractivity contribution in [2.24, 2.45) is 0 Å². The number of benzene rings is 1. The lowest BCUT2D eigenvalue weighted by Gasteiger charge is -2.34. The van der Waals surface area contributed by atoms with Gasteiger partial charge in [-0.3, -0.25) is 9.59 Å². The van der Waals surface area contributed by atoms with Crippen molar-refractivity contribution in [3.8, 4) is 0 Å². The van der Waals surface area contributed by atoms with Gasteiger partial charge in [0.05, 0.1) is 4.88 Å². The fraction of sp³-hybridized carbons (Fsp3) is 0.368. The van der Waals surface area contributed by atoms with E-state index in [-0.39, 0.29) is 11.8 Å². The summed E-state index contributed by atoms with van der Waals surface area (Å²) in [5, 5.41) is 4.81. The number of likely N-dealkylation sites (N-methyl/N-ethyl adjacent to an activating group) is 1. The van der Waals surface area contributed by atoms with Crippen LogP contribution in [0.2, 0.25) is 0 Å². The summed E-state index contributed by atoms with van der Waals surface area (Å²) < 4.78 is 0. The first-order chi connectivity index (χ1) is 12.1. The Bertz CT molecular complexity index is 695. The molecule has 0 spiro atoms. The van der Waals surface area contributed by atoms with Gasteiger partial charge in [-0.05, 0) is 24.1 Å². The molecule has 0 aliphatic carbocycles. The SMILES string of the molecule is CN1CCN(C(=O)[C@@H](Cc2ccccc2)NC(=O)c2cccs2)CC1. The smallest absolute Gasteiger partial charge is 0.262 e. The average molecular weight is 357 g/mol. The number of nitrogens with zero attached hydrogens (tertiary/aromatic N) is 2. The first-order valence-electron chi connectivity index (χ1n) is 8.49. The molecule has 6 heteroatoms. The van der Waals surface area contributed by atoms with Gasteiger partial charge in [-0.25, -0.2) is 0 Å². The molecule has 0 unspecified atom stereocenters. The van der Waals surface area contributed by atoms with Crippen LogP contribution in [0, 0.1) is 0 Å². The molecule has 0 radical (unpaired) electrons. The van der Waals surface area contributed by atoms with Gasteiger partial charge >= 0.3 is 0 Å². The maximum absolute atomic E-state index is 13.0. The maximum atomic E-state index is 13.0. The predicted octanol–water partition coefficient (Wildman–Crippen LogP) is 1.86. The summed E-state index contributed by atoms with van der Waals surface area (Å²) in [4.78, 5) is 30.2. The normalized spacial score (nSPS) is 16.4. The first kappa shape index (κ1) is 17.6. The summed E-state index contributed by atoms with van der Waals surface area (Å²) in [6.45, 7) is 3.14. The molecule has 1 saturated heterocycles. The van der Waals surface area contributed by atoms with E-state index in [4.69, 9.17) is 0 Å². The van der Waals surface area contributed by atoms with Gasteiger partial charge in [0.1, 0.15) is 6.04 Å². The highest BCUT2D eigenvalue weighted by atomic mass is 32.1. The molecule has 5 nitrogen and oxygen atoms in total. The molecule has 1 aliphatic rings. The van der Waals surface area contributed by atoms with Crippen LogP contribution in [0.4, 0.5) is 0 Å². The van der Waals surface area contributed by atoms with E-state index >= 15 is 0 Å². The third-order valence-corrected chi connectivity index (χ3v) is 5.31. The molecule has 1 aliphatic heterocycles. The molecular formula is C19H23N3O2S. The number of carbonyl (C=O) groups excluding carboxylic acids is 2. The quantitative estimate of drug-likeness (QED) is 0.889. The second-order valence-corrected chi connectivity index (χ2v) is 7.27. The summed E-state index contributed by atoms with van der Waals surface area (Å²) in [6.07, 6.45) is 0.503. The number of rotatable bonds is 5. The first-order valence-corrected chi connectivity index (χ1v) is 9.37.